The lowest BCUT2D eigenvalue weighted by Gasteiger charge is -2.15. The van der Waals surface area contributed by atoms with Gasteiger partial charge in [-0.2, -0.15) is 5.10 Å². The zero-order valence-electron chi connectivity index (χ0n) is 15.5. The van der Waals surface area contributed by atoms with Gasteiger partial charge in [-0.1, -0.05) is 13.8 Å². The Balaban J connectivity index is 1.94. The predicted molar refractivity (Wildman–Crippen MR) is 98.0 cm³/mol. The molecule has 0 saturated heterocycles. The topological polar surface area (TPSA) is 120 Å². The number of carbonyl (C=O) groups is 1. The highest BCUT2D eigenvalue weighted by Crippen LogP contribution is 2.17. The third-order valence-electron chi connectivity index (χ3n) is 3.98. The van der Waals surface area contributed by atoms with E-state index in [1.807, 2.05) is 13.8 Å². The molecule has 0 spiro atoms. The summed E-state index contributed by atoms with van der Waals surface area (Å²) in [4.78, 5) is 16.4. The van der Waals surface area contributed by atoms with Crippen LogP contribution in [-0.2, 0) is 21.2 Å². The van der Waals surface area contributed by atoms with E-state index in [1.165, 1.54) is 16.8 Å². The molecular weight excluding hydrogens is 373 g/mol. The molecule has 1 aromatic heterocycles. The molecule has 0 fully saturated rings. The van der Waals surface area contributed by atoms with Gasteiger partial charge in [0.05, 0.1) is 16.7 Å². The second kappa shape index (κ2) is 8.57. The second-order valence-corrected chi connectivity index (χ2v) is 8.68. The summed E-state index contributed by atoms with van der Waals surface area (Å²) in [5.41, 5.74) is 6.10. The fourth-order valence-corrected chi connectivity index (χ4v) is 3.57. The van der Waals surface area contributed by atoms with E-state index < -0.39 is 21.6 Å². The van der Waals surface area contributed by atoms with Gasteiger partial charge < -0.3 is 11.1 Å². The molecule has 1 amide bonds. The smallest absolute Gasteiger partial charge is 0.241 e. The molecule has 10 heteroatoms. The molecule has 27 heavy (non-hydrogen) atoms. The lowest BCUT2D eigenvalue weighted by Crippen LogP contribution is -2.33. The Hall–Kier alpha value is -2.33. The molecule has 3 N–H and O–H groups in total. The van der Waals surface area contributed by atoms with Crippen LogP contribution in [-0.4, -0.2) is 41.4 Å². The van der Waals surface area contributed by atoms with E-state index in [0.29, 0.717) is 11.6 Å². The van der Waals surface area contributed by atoms with Gasteiger partial charge in [-0.15, -0.1) is 0 Å². The quantitative estimate of drug-likeness (QED) is 0.641. The van der Waals surface area contributed by atoms with E-state index in [4.69, 9.17) is 5.73 Å². The number of aryl methyl sites for hydroxylation is 1. The van der Waals surface area contributed by atoms with E-state index in [9.17, 15) is 17.6 Å². The minimum Gasteiger partial charge on any atom is -0.353 e. The van der Waals surface area contributed by atoms with Crippen molar-refractivity contribution in [3.05, 3.63) is 41.7 Å². The van der Waals surface area contributed by atoms with Crippen LogP contribution >= 0.6 is 0 Å². The lowest BCUT2D eigenvalue weighted by molar-refractivity contribution is -0.121. The molecule has 0 aliphatic rings. The summed E-state index contributed by atoms with van der Waals surface area (Å²) in [5.74, 6) is -0.0631. The van der Waals surface area contributed by atoms with Crippen molar-refractivity contribution in [1.82, 2.24) is 20.1 Å². The van der Waals surface area contributed by atoms with Crippen molar-refractivity contribution in [2.45, 2.75) is 38.3 Å². The second-order valence-electron chi connectivity index (χ2n) is 6.57. The average Bonchev–Trinajstić information content (AvgIpc) is 2.94. The number of nitrogens with zero attached hydrogens (tertiary/aromatic N) is 3. The Morgan fingerprint density at radius 1 is 1.30 bits per heavy atom. The van der Waals surface area contributed by atoms with Gasteiger partial charge >= 0.3 is 0 Å². The minimum atomic E-state index is -3.61. The summed E-state index contributed by atoms with van der Waals surface area (Å²) in [7, 11) is -3.61. The number of halogens is 1. The standard InChI is InChI=1S/C17H24FN5O3S/c1-11(2)16(19)17-21-12(3)22-23(17)10-15(24)20-8-9-27(25,26)14-6-4-13(18)5-7-14/h4-7,11,16H,8-10,19H2,1-3H3,(H,20,24)/t16-/m0/s1. The maximum atomic E-state index is 12.9. The molecule has 0 saturated carbocycles. The fraction of sp³-hybridized carbons (Fsp3) is 0.471. The van der Waals surface area contributed by atoms with Crippen molar-refractivity contribution in [3.8, 4) is 0 Å². The van der Waals surface area contributed by atoms with Gasteiger partial charge in [0, 0.05) is 6.54 Å². The Morgan fingerprint density at radius 2 is 1.93 bits per heavy atom. The van der Waals surface area contributed by atoms with Crippen molar-refractivity contribution < 1.29 is 17.6 Å². The maximum absolute atomic E-state index is 12.9. The molecule has 8 nitrogen and oxygen atoms in total. The number of aromatic nitrogens is 3. The fourth-order valence-electron chi connectivity index (χ4n) is 2.41. The zero-order valence-corrected chi connectivity index (χ0v) is 16.3. The van der Waals surface area contributed by atoms with Crippen molar-refractivity contribution in [2.24, 2.45) is 11.7 Å². The summed E-state index contributed by atoms with van der Waals surface area (Å²) < 4.78 is 38.7. The van der Waals surface area contributed by atoms with Crippen LogP contribution in [0.5, 0.6) is 0 Å². The molecule has 0 aliphatic carbocycles. The molecule has 1 heterocycles. The van der Waals surface area contributed by atoms with Crippen molar-refractivity contribution in [1.29, 1.82) is 0 Å². The van der Waals surface area contributed by atoms with Crippen molar-refractivity contribution >= 4 is 15.7 Å². The van der Waals surface area contributed by atoms with E-state index >= 15 is 0 Å². The largest absolute Gasteiger partial charge is 0.353 e. The van der Waals surface area contributed by atoms with Crippen LogP contribution in [0.1, 0.15) is 31.5 Å². The molecule has 2 rings (SSSR count). The molecule has 0 radical (unpaired) electrons. The molecular formula is C17H24FN5O3S. The monoisotopic (exact) mass is 397 g/mol. The highest BCUT2D eigenvalue weighted by molar-refractivity contribution is 7.91. The molecule has 2 aromatic rings. The van der Waals surface area contributed by atoms with Crippen LogP contribution in [0.3, 0.4) is 0 Å². The van der Waals surface area contributed by atoms with Gasteiger partial charge in [0.25, 0.3) is 0 Å². The third-order valence-corrected chi connectivity index (χ3v) is 5.71. The van der Waals surface area contributed by atoms with Crippen LogP contribution in [0.2, 0.25) is 0 Å². The van der Waals surface area contributed by atoms with E-state index in [2.05, 4.69) is 15.4 Å². The number of hydrogen-bond donors (Lipinski definition) is 2. The zero-order chi connectivity index (χ0) is 20.2. The number of nitrogens with two attached hydrogens (primary N) is 1. The summed E-state index contributed by atoms with van der Waals surface area (Å²) >= 11 is 0. The van der Waals surface area contributed by atoms with Gasteiger partial charge in [-0.3, -0.25) is 4.79 Å². The number of amides is 1. The first-order valence-electron chi connectivity index (χ1n) is 8.52. The molecule has 1 aromatic carbocycles. The normalized spacial score (nSPS) is 13.0. The van der Waals surface area contributed by atoms with E-state index in [1.54, 1.807) is 6.92 Å². The number of benzene rings is 1. The predicted octanol–water partition coefficient (Wildman–Crippen LogP) is 0.972. The van der Waals surface area contributed by atoms with Gasteiger partial charge in [0.15, 0.2) is 9.84 Å². The minimum absolute atomic E-state index is 0.00948. The number of sulfone groups is 1. The summed E-state index contributed by atoms with van der Waals surface area (Å²) in [6.45, 7) is 5.42. The number of hydrogen-bond acceptors (Lipinski definition) is 6. The average molecular weight is 397 g/mol. The Bertz CT molecular complexity index is 894. The van der Waals surface area contributed by atoms with Gasteiger partial charge in [0.2, 0.25) is 5.91 Å². The van der Waals surface area contributed by atoms with Crippen LogP contribution in [0.4, 0.5) is 4.39 Å². The van der Waals surface area contributed by atoms with E-state index in [0.717, 1.165) is 12.1 Å². The summed E-state index contributed by atoms with van der Waals surface area (Å²) in [6.07, 6.45) is 0. The van der Waals surface area contributed by atoms with Gasteiger partial charge in [-0.05, 0) is 37.1 Å². The number of carbonyl (C=O) groups excluding carboxylic acids is 1. The Morgan fingerprint density at radius 3 is 2.52 bits per heavy atom. The summed E-state index contributed by atoms with van der Waals surface area (Å²) in [5, 5.41) is 6.73. The van der Waals surface area contributed by atoms with Crippen molar-refractivity contribution in [2.75, 3.05) is 12.3 Å². The molecule has 1 atom stereocenters. The summed E-state index contributed by atoms with van der Waals surface area (Å²) in [6, 6.07) is 4.20. The first kappa shape index (κ1) is 21.0. The highest BCUT2D eigenvalue weighted by atomic mass is 32.2. The lowest BCUT2D eigenvalue weighted by atomic mass is 10.1. The first-order chi connectivity index (χ1) is 12.6. The van der Waals surface area contributed by atoms with Crippen molar-refractivity contribution in [3.63, 3.8) is 0 Å². The van der Waals surface area contributed by atoms with E-state index in [-0.39, 0.29) is 35.7 Å². The van der Waals surface area contributed by atoms with Crippen LogP contribution in [0.25, 0.3) is 0 Å². The SMILES string of the molecule is Cc1nc([C@@H](N)C(C)C)n(CC(=O)NCCS(=O)(=O)c2ccc(F)cc2)n1. The molecule has 0 bridgehead atoms. The van der Waals surface area contributed by atoms with Crippen LogP contribution in [0.15, 0.2) is 29.2 Å². The number of nitrogens with one attached hydrogen (secondary N) is 1. The molecule has 148 valence electrons. The third kappa shape index (κ3) is 5.57. The molecule has 0 aliphatic heterocycles. The first-order valence-corrected chi connectivity index (χ1v) is 10.2. The number of rotatable bonds is 8. The van der Waals surface area contributed by atoms with Gasteiger partial charge in [0.1, 0.15) is 24.0 Å². The Kier molecular flexibility index (Phi) is 6.66. The molecule has 0 unspecified atom stereocenters. The van der Waals surface area contributed by atoms with Gasteiger partial charge in [-0.25, -0.2) is 22.5 Å². The highest BCUT2D eigenvalue weighted by Gasteiger charge is 2.20. The van der Waals surface area contributed by atoms with Crippen LogP contribution < -0.4 is 11.1 Å². The maximum Gasteiger partial charge on any atom is 0.241 e. The Labute approximate surface area is 157 Å². The van der Waals surface area contributed by atoms with Crippen LogP contribution in [0, 0.1) is 18.7 Å².